The third kappa shape index (κ3) is 4.92. The van der Waals surface area contributed by atoms with E-state index in [0.717, 1.165) is 13.1 Å². The molecule has 4 heteroatoms. The summed E-state index contributed by atoms with van der Waals surface area (Å²) < 4.78 is 3.69. The molecule has 31 heavy (non-hydrogen) atoms. The summed E-state index contributed by atoms with van der Waals surface area (Å²) in [4.78, 5) is 3.69. The largest absolute Gasteiger partial charge is 0.335 e. The summed E-state index contributed by atoms with van der Waals surface area (Å²) in [5.74, 6) is 0. The molecule has 2 aromatic carbocycles. The molecule has 0 spiro atoms. The average molecular weight is 444 g/mol. The first-order chi connectivity index (χ1) is 15.3. The molecule has 0 fully saturated rings. The molecule has 1 aliphatic rings. The van der Waals surface area contributed by atoms with Crippen LogP contribution in [0.5, 0.6) is 0 Å². The van der Waals surface area contributed by atoms with Gasteiger partial charge < -0.3 is 4.90 Å². The molecule has 0 bridgehead atoms. The highest BCUT2D eigenvalue weighted by molar-refractivity contribution is 8.03. The van der Waals surface area contributed by atoms with Crippen molar-refractivity contribution in [3.8, 4) is 0 Å². The van der Waals surface area contributed by atoms with Crippen LogP contribution in [-0.2, 0) is 6.54 Å². The lowest BCUT2D eigenvalue weighted by molar-refractivity contribution is -0.665. The van der Waals surface area contributed by atoms with E-state index in [1.54, 1.807) is 0 Å². The van der Waals surface area contributed by atoms with E-state index in [0.29, 0.717) is 0 Å². The van der Waals surface area contributed by atoms with Gasteiger partial charge in [-0.1, -0.05) is 89.9 Å². The topological polar surface area (TPSA) is 7.12 Å². The Labute approximate surface area is 193 Å². The summed E-state index contributed by atoms with van der Waals surface area (Å²) in [6.07, 6.45) is 18.9. The van der Waals surface area contributed by atoms with Gasteiger partial charge in [-0.25, -0.2) is 0 Å². The van der Waals surface area contributed by atoms with E-state index in [-0.39, 0.29) is 0 Å². The molecular formula is C27H27N2S2+. The van der Waals surface area contributed by atoms with Gasteiger partial charge in [-0.3, -0.25) is 0 Å². The Kier molecular flexibility index (Phi) is 7.23. The average Bonchev–Trinajstić information content (AvgIpc) is 3.34. The second kappa shape index (κ2) is 10.5. The number of allylic oxidation sites excluding steroid dienone is 8. The van der Waals surface area contributed by atoms with E-state index in [4.69, 9.17) is 0 Å². The van der Waals surface area contributed by atoms with E-state index in [1.807, 2.05) is 23.1 Å². The maximum absolute atomic E-state index is 2.36. The minimum Gasteiger partial charge on any atom is -0.335 e. The van der Waals surface area contributed by atoms with Crippen LogP contribution >= 0.6 is 23.1 Å². The fraction of sp³-hybridized carbons (Fsp3) is 0.148. The number of nitrogens with zero attached hydrogens (tertiary/aromatic N) is 2. The number of para-hydroxylation sites is 2. The highest BCUT2D eigenvalue weighted by Crippen LogP contribution is 2.45. The summed E-state index contributed by atoms with van der Waals surface area (Å²) in [7, 11) is 0. The Morgan fingerprint density at radius 2 is 1.55 bits per heavy atom. The van der Waals surface area contributed by atoms with Crippen molar-refractivity contribution in [1.29, 1.82) is 0 Å². The Balaban J connectivity index is 1.33. The zero-order valence-corrected chi connectivity index (χ0v) is 19.6. The number of hydrogen-bond acceptors (Lipinski definition) is 3. The summed E-state index contributed by atoms with van der Waals surface area (Å²) in [6.45, 7) is 6.34. The van der Waals surface area contributed by atoms with Gasteiger partial charge >= 0.3 is 0 Å². The molecule has 0 saturated carbocycles. The van der Waals surface area contributed by atoms with Gasteiger partial charge in [-0.05, 0) is 38.1 Å². The second-order valence-corrected chi connectivity index (χ2v) is 9.11. The van der Waals surface area contributed by atoms with Gasteiger partial charge in [0.25, 0.3) is 5.01 Å². The van der Waals surface area contributed by atoms with Gasteiger partial charge in [0, 0.05) is 23.6 Å². The molecule has 0 radical (unpaired) electrons. The van der Waals surface area contributed by atoms with Crippen LogP contribution in [0.1, 0.15) is 18.9 Å². The maximum Gasteiger partial charge on any atom is 0.262 e. The van der Waals surface area contributed by atoms with Crippen molar-refractivity contribution >= 4 is 45.1 Å². The molecule has 0 unspecified atom stereocenters. The second-order valence-electron chi connectivity index (χ2n) is 6.99. The van der Waals surface area contributed by atoms with Crippen LogP contribution in [-0.4, -0.2) is 6.54 Å². The minimum atomic E-state index is 0.979. The van der Waals surface area contributed by atoms with Crippen LogP contribution in [0.15, 0.2) is 107 Å². The molecular weight excluding hydrogens is 416 g/mol. The number of rotatable bonds is 7. The Bertz CT molecular complexity index is 1190. The fourth-order valence-corrected chi connectivity index (χ4v) is 5.88. The molecule has 3 aromatic rings. The quantitative estimate of drug-likeness (QED) is 0.278. The van der Waals surface area contributed by atoms with Crippen LogP contribution in [0.2, 0.25) is 0 Å². The molecule has 0 aliphatic carbocycles. The van der Waals surface area contributed by atoms with Crippen LogP contribution in [0.3, 0.4) is 0 Å². The lowest BCUT2D eigenvalue weighted by atomic mass is 10.3. The molecule has 2 nitrogen and oxygen atoms in total. The van der Waals surface area contributed by atoms with E-state index in [9.17, 15) is 0 Å². The van der Waals surface area contributed by atoms with Gasteiger partial charge in [0.2, 0.25) is 5.52 Å². The van der Waals surface area contributed by atoms with Gasteiger partial charge in [0.1, 0.15) is 11.2 Å². The Hall–Kier alpha value is -2.82. The molecule has 4 rings (SSSR count). The number of anilines is 1. The Morgan fingerprint density at radius 3 is 2.35 bits per heavy atom. The summed E-state index contributed by atoms with van der Waals surface area (Å²) in [5, 5.41) is 2.55. The van der Waals surface area contributed by atoms with Crippen LogP contribution in [0.4, 0.5) is 5.69 Å². The molecule has 156 valence electrons. The molecule has 0 saturated heterocycles. The molecule has 1 aliphatic heterocycles. The molecule has 0 N–H and O–H groups in total. The van der Waals surface area contributed by atoms with Crippen molar-refractivity contribution in [2.24, 2.45) is 0 Å². The first-order valence-electron chi connectivity index (χ1n) is 10.7. The highest BCUT2D eigenvalue weighted by atomic mass is 32.2. The SMILES string of the molecule is CCN1/C(=C/C=C/C=C/C=C/C=C/c2sc3ccccc3[n+]2CC)Sc2ccccc21. The summed E-state index contributed by atoms with van der Waals surface area (Å²) >= 11 is 3.67. The number of fused-ring (bicyclic) bond motifs is 2. The normalized spacial score (nSPS) is 15.7. The predicted molar refractivity (Wildman–Crippen MR) is 138 cm³/mol. The molecule has 0 atom stereocenters. The predicted octanol–water partition coefficient (Wildman–Crippen LogP) is 7.36. The smallest absolute Gasteiger partial charge is 0.262 e. The molecule has 1 aromatic heterocycles. The van der Waals surface area contributed by atoms with Crippen molar-refractivity contribution in [2.75, 3.05) is 11.4 Å². The number of aromatic nitrogens is 1. The number of benzene rings is 2. The van der Waals surface area contributed by atoms with E-state index >= 15 is 0 Å². The lowest BCUT2D eigenvalue weighted by Crippen LogP contribution is -2.33. The van der Waals surface area contributed by atoms with Gasteiger partial charge in [-0.2, -0.15) is 4.57 Å². The van der Waals surface area contributed by atoms with Gasteiger partial charge in [-0.15, -0.1) is 0 Å². The number of hydrogen-bond donors (Lipinski definition) is 0. The molecule has 0 amide bonds. The van der Waals surface area contributed by atoms with Crippen LogP contribution < -0.4 is 9.47 Å². The number of aryl methyl sites for hydroxylation is 1. The third-order valence-corrected chi connectivity index (χ3v) is 7.31. The first kappa shape index (κ1) is 21.4. The molecule has 2 heterocycles. The van der Waals surface area contributed by atoms with E-state index in [1.165, 1.54) is 30.8 Å². The number of thioether (sulfide) groups is 1. The van der Waals surface area contributed by atoms with E-state index in [2.05, 4.69) is 127 Å². The number of thiazole rings is 1. The zero-order valence-electron chi connectivity index (χ0n) is 17.9. The van der Waals surface area contributed by atoms with Crippen molar-refractivity contribution in [3.63, 3.8) is 0 Å². The lowest BCUT2D eigenvalue weighted by Gasteiger charge is -2.17. The van der Waals surface area contributed by atoms with Crippen LogP contribution in [0, 0.1) is 0 Å². The fourth-order valence-electron chi connectivity index (χ4n) is 3.60. The summed E-state index contributed by atoms with van der Waals surface area (Å²) in [6, 6.07) is 17.2. The Morgan fingerprint density at radius 1 is 0.839 bits per heavy atom. The van der Waals surface area contributed by atoms with Gasteiger partial charge in [0.15, 0.2) is 0 Å². The standard InChI is InChI=1S/C27H27N2S2/c1-3-28-22-16-12-14-18-24(22)30-26(28)20-10-8-6-5-7-9-11-21-27-29(4-2)23-17-13-15-19-25(23)31-27/h5-21H,3-4H2,1-2H3/q+1. The minimum absolute atomic E-state index is 0.979. The van der Waals surface area contributed by atoms with E-state index < -0.39 is 0 Å². The zero-order chi connectivity index (χ0) is 21.5. The highest BCUT2D eigenvalue weighted by Gasteiger charge is 2.22. The first-order valence-corrected chi connectivity index (χ1v) is 12.3. The van der Waals surface area contributed by atoms with Crippen molar-refractivity contribution in [1.82, 2.24) is 0 Å². The monoisotopic (exact) mass is 443 g/mol. The van der Waals surface area contributed by atoms with Crippen molar-refractivity contribution < 1.29 is 4.57 Å². The van der Waals surface area contributed by atoms with Crippen molar-refractivity contribution in [2.45, 2.75) is 25.3 Å². The van der Waals surface area contributed by atoms with Gasteiger partial charge in [0.05, 0.1) is 10.7 Å². The van der Waals surface area contributed by atoms with Crippen LogP contribution in [0.25, 0.3) is 16.3 Å². The summed E-state index contributed by atoms with van der Waals surface area (Å²) in [5.41, 5.74) is 2.62. The van der Waals surface area contributed by atoms with Crippen molar-refractivity contribution in [3.05, 3.63) is 107 Å². The third-order valence-electron chi connectivity index (χ3n) is 5.05. The maximum atomic E-state index is 2.36.